The van der Waals surface area contributed by atoms with Gasteiger partial charge in [-0.1, -0.05) is 25.7 Å². The summed E-state index contributed by atoms with van der Waals surface area (Å²) in [5.41, 5.74) is 0. The Labute approximate surface area is 90.0 Å². The molecule has 5 nitrogen and oxygen atoms in total. The van der Waals surface area contributed by atoms with Crippen LogP contribution in [0.2, 0.25) is 0 Å². The van der Waals surface area contributed by atoms with Crippen molar-refractivity contribution in [1.82, 2.24) is 6.15 Å². The molecule has 5 heteroatoms. The molecule has 88 valence electrons. The van der Waals surface area contributed by atoms with Crippen LogP contribution in [0, 0.1) is 10.1 Å². The second-order valence-electron chi connectivity index (χ2n) is 3.93. The van der Waals surface area contributed by atoms with Gasteiger partial charge in [-0.05, 0) is 12.8 Å². The van der Waals surface area contributed by atoms with E-state index in [9.17, 15) is 14.9 Å². The van der Waals surface area contributed by atoms with Gasteiger partial charge in [0.15, 0.2) is 0 Å². The fraction of sp³-hybridized carbons (Fsp3) is 0.900. The van der Waals surface area contributed by atoms with E-state index in [0.717, 1.165) is 38.5 Å². The van der Waals surface area contributed by atoms with Crippen molar-refractivity contribution in [1.29, 1.82) is 0 Å². The van der Waals surface area contributed by atoms with Crippen LogP contribution >= 0.6 is 0 Å². The number of nitro groups is 1. The van der Waals surface area contributed by atoms with Gasteiger partial charge in [-0.15, -0.1) is 0 Å². The Morgan fingerprint density at radius 1 is 1.07 bits per heavy atom. The molecule has 0 aromatic heterocycles. The maximum Gasteiger partial charge on any atom is 0.270 e. The number of rotatable bonds is 1. The minimum Gasteiger partial charge on any atom is -0.344 e. The molecule has 0 bridgehead atoms. The molecule has 3 N–H and O–H groups in total. The summed E-state index contributed by atoms with van der Waals surface area (Å²) in [6, 6.07) is -0.923. The number of Topliss-reactive ketones (excluding diaryl/α,β-unsaturated/α-hetero) is 1. The SMILES string of the molecule is N.O=C1CCCCCCCCC1[N+](=O)[O-]. The molecule has 0 aromatic carbocycles. The van der Waals surface area contributed by atoms with E-state index >= 15 is 0 Å². The van der Waals surface area contributed by atoms with Gasteiger partial charge in [0, 0.05) is 17.8 Å². The third-order valence-electron chi connectivity index (χ3n) is 2.78. The third-order valence-corrected chi connectivity index (χ3v) is 2.78. The standard InChI is InChI=1S/C10H17NO3.H3N/c12-10-8-6-4-2-1-3-5-7-9(10)11(13)14;/h9H,1-8H2;1H3. The van der Waals surface area contributed by atoms with Crippen LogP contribution in [0.25, 0.3) is 0 Å². The van der Waals surface area contributed by atoms with Crippen LogP contribution in [0.1, 0.15) is 51.4 Å². The molecule has 0 amide bonds. The van der Waals surface area contributed by atoms with Crippen LogP contribution < -0.4 is 6.15 Å². The molecular formula is C10H20N2O3. The highest BCUT2D eigenvalue weighted by Crippen LogP contribution is 2.16. The summed E-state index contributed by atoms with van der Waals surface area (Å²) in [7, 11) is 0. The van der Waals surface area contributed by atoms with Crippen molar-refractivity contribution in [3.8, 4) is 0 Å². The van der Waals surface area contributed by atoms with Crippen LogP contribution in [0.15, 0.2) is 0 Å². The van der Waals surface area contributed by atoms with Gasteiger partial charge in [0.25, 0.3) is 6.04 Å². The van der Waals surface area contributed by atoms with Crippen molar-refractivity contribution < 1.29 is 9.72 Å². The van der Waals surface area contributed by atoms with Crippen molar-refractivity contribution in [2.24, 2.45) is 0 Å². The Morgan fingerprint density at radius 2 is 1.60 bits per heavy atom. The normalized spacial score (nSPS) is 24.0. The first-order chi connectivity index (χ1) is 6.72. The van der Waals surface area contributed by atoms with Gasteiger partial charge in [-0.3, -0.25) is 14.9 Å². The predicted molar refractivity (Wildman–Crippen MR) is 57.7 cm³/mol. The maximum atomic E-state index is 11.4. The van der Waals surface area contributed by atoms with Crippen LogP contribution in [-0.4, -0.2) is 16.7 Å². The van der Waals surface area contributed by atoms with E-state index in [1.54, 1.807) is 0 Å². The first kappa shape index (κ1) is 14.0. The molecule has 15 heavy (non-hydrogen) atoms. The highest BCUT2D eigenvalue weighted by atomic mass is 16.6. The largest absolute Gasteiger partial charge is 0.344 e. The van der Waals surface area contributed by atoms with Gasteiger partial charge in [0.1, 0.15) is 0 Å². The van der Waals surface area contributed by atoms with E-state index in [1.807, 2.05) is 0 Å². The number of carbonyl (C=O) groups excluding carboxylic acids is 1. The first-order valence-corrected chi connectivity index (χ1v) is 5.38. The van der Waals surface area contributed by atoms with E-state index in [1.165, 1.54) is 0 Å². The van der Waals surface area contributed by atoms with Gasteiger partial charge >= 0.3 is 0 Å². The zero-order chi connectivity index (χ0) is 10.4. The second-order valence-corrected chi connectivity index (χ2v) is 3.93. The summed E-state index contributed by atoms with van der Waals surface area (Å²) in [6.45, 7) is 0. The van der Waals surface area contributed by atoms with Gasteiger partial charge < -0.3 is 6.15 Å². The highest BCUT2D eigenvalue weighted by Gasteiger charge is 2.28. The minimum absolute atomic E-state index is 0. The molecule has 1 aliphatic rings. The fourth-order valence-electron chi connectivity index (χ4n) is 1.89. The Morgan fingerprint density at radius 3 is 2.20 bits per heavy atom. The van der Waals surface area contributed by atoms with Crippen molar-refractivity contribution >= 4 is 5.78 Å². The van der Waals surface area contributed by atoms with Gasteiger partial charge in [-0.25, -0.2) is 0 Å². The predicted octanol–water partition coefficient (Wildman–Crippen LogP) is 2.50. The molecule has 1 aliphatic carbocycles. The molecule has 0 saturated heterocycles. The molecule has 0 spiro atoms. The topological polar surface area (TPSA) is 95.2 Å². The average Bonchev–Trinajstić information content (AvgIpc) is 2.15. The van der Waals surface area contributed by atoms with Gasteiger partial charge in [0.05, 0.1) is 0 Å². The van der Waals surface area contributed by atoms with Crippen molar-refractivity contribution in [2.45, 2.75) is 57.4 Å². The van der Waals surface area contributed by atoms with Crippen LogP contribution in [0.4, 0.5) is 0 Å². The molecule has 1 atom stereocenters. The van der Waals surface area contributed by atoms with E-state index in [-0.39, 0.29) is 11.9 Å². The zero-order valence-corrected chi connectivity index (χ0v) is 9.11. The lowest BCUT2D eigenvalue weighted by Gasteiger charge is -2.10. The summed E-state index contributed by atoms with van der Waals surface area (Å²) in [4.78, 5) is 21.6. The van der Waals surface area contributed by atoms with E-state index in [4.69, 9.17) is 0 Å². The summed E-state index contributed by atoms with van der Waals surface area (Å²) in [5, 5.41) is 10.6. The average molecular weight is 216 g/mol. The molecule has 0 radical (unpaired) electrons. The molecule has 0 aromatic rings. The Balaban J connectivity index is 0.00000196. The lowest BCUT2D eigenvalue weighted by molar-refractivity contribution is -0.508. The lowest BCUT2D eigenvalue weighted by atomic mass is 9.97. The van der Waals surface area contributed by atoms with E-state index < -0.39 is 11.0 Å². The van der Waals surface area contributed by atoms with Crippen LogP contribution in [-0.2, 0) is 4.79 Å². The third kappa shape index (κ3) is 4.88. The van der Waals surface area contributed by atoms with Crippen molar-refractivity contribution in [3.05, 3.63) is 10.1 Å². The molecule has 0 heterocycles. The minimum atomic E-state index is -0.923. The zero-order valence-electron chi connectivity index (χ0n) is 9.11. The molecule has 1 rings (SSSR count). The molecule has 1 saturated carbocycles. The summed E-state index contributed by atoms with van der Waals surface area (Å²) < 4.78 is 0. The van der Waals surface area contributed by atoms with Gasteiger partial charge in [-0.2, -0.15) is 0 Å². The quantitative estimate of drug-likeness (QED) is 0.538. The maximum absolute atomic E-state index is 11.4. The molecular weight excluding hydrogens is 196 g/mol. The lowest BCUT2D eigenvalue weighted by Crippen LogP contribution is -2.29. The van der Waals surface area contributed by atoms with Crippen molar-refractivity contribution in [3.63, 3.8) is 0 Å². The number of ketones is 1. The molecule has 1 fully saturated rings. The first-order valence-electron chi connectivity index (χ1n) is 5.38. The molecule has 0 aliphatic heterocycles. The van der Waals surface area contributed by atoms with E-state index in [2.05, 4.69) is 0 Å². The Kier molecular flexibility index (Phi) is 6.86. The Hall–Kier alpha value is -0.970. The monoisotopic (exact) mass is 216 g/mol. The second kappa shape index (κ2) is 7.34. The van der Waals surface area contributed by atoms with Crippen molar-refractivity contribution in [2.75, 3.05) is 0 Å². The van der Waals surface area contributed by atoms with Gasteiger partial charge in [0.2, 0.25) is 5.78 Å². The summed E-state index contributed by atoms with van der Waals surface area (Å²) in [5.74, 6) is -0.170. The Bertz CT molecular complexity index is 219. The summed E-state index contributed by atoms with van der Waals surface area (Å²) in [6.07, 6.45) is 6.85. The van der Waals surface area contributed by atoms with E-state index in [0.29, 0.717) is 12.8 Å². The number of nitrogens with zero attached hydrogens (tertiary/aromatic N) is 1. The molecule has 1 unspecified atom stereocenters. The van der Waals surface area contributed by atoms with Crippen LogP contribution in [0.3, 0.4) is 0 Å². The number of carbonyl (C=O) groups is 1. The fourth-order valence-corrected chi connectivity index (χ4v) is 1.89. The highest BCUT2D eigenvalue weighted by molar-refractivity contribution is 5.82. The number of hydrogen-bond donors (Lipinski definition) is 1. The number of hydrogen-bond acceptors (Lipinski definition) is 4. The summed E-state index contributed by atoms with van der Waals surface area (Å²) >= 11 is 0. The van der Waals surface area contributed by atoms with Crippen LogP contribution in [0.5, 0.6) is 0 Å². The smallest absolute Gasteiger partial charge is 0.270 e.